The summed E-state index contributed by atoms with van der Waals surface area (Å²) in [6.45, 7) is 6.63. The highest BCUT2D eigenvalue weighted by molar-refractivity contribution is 7.88. The third-order valence-electron chi connectivity index (χ3n) is 2.43. The van der Waals surface area contributed by atoms with Crippen LogP contribution in [0.2, 0.25) is 0 Å². The van der Waals surface area contributed by atoms with Crippen LogP contribution in [0.4, 0.5) is 0 Å². The van der Waals surface area contributed by atoms with Crippen LogP contribution in [0.3, 0.4) is 0 Å². The zero-order valence-electron chi connectivity index (χ0n) is 11.7. The van der Waals surface area contributed by atoms with E-state index in [9.17, 15) is 8.42 Å². The Labute approximate surface area is 114 Å². The second kappa shape index (κ2) is 6.49. The van der Waals surface area contributed by atoms with Crippen LogP contribution in [-0.4, -0.2) is 42.7 Å². The van der Waals surface area contributed by atoms with Crippen molar-refractivity contribution >= 4 is 10.0 Å². The van der Waals surface area contributed by atoms with Crippen molar-refractivity contribution in [1.29, 1.82) is 0 Å². The second-order valence-electron chi connectivity index (χ2n) is 5.72. The Morgan fingerprint density at radius 2 is 2.11 bits per heavy atom. The van der Waals surface area contributed by atoms with Crippen molar-refractivity contribution in [2.75, 3.05) is 19.7 Å². The van der Waals surface area contributed by atoms with Gasteiger partial charge in [-0.2, -0.15) is 0 Å². The number of aliphatic hydroxyl groups is 1. The summed E-state index contributed by atoms with van der Waals surface area (Å²) in [6, 6.07) is 1.54. The Morgan fingerprint density at radius 3 is 2.58 bits per heavy atom. The molecule has 0 fully saturated rings. The highest BCUT2D eigenvalue weighted by Gasteiger charge is 2.27. The Morgan fingerprint density at radius 1 is 1.42 bits per heavy atom. The van der Waals surface area contributed by atoms with E-state index in [0.717, 1.165) is 0 Å². The summed E-state index contributed by atoms with van der Waals surface area (Å²) in [5.74, 6) is -0.176. The lowest BCUT2D eigenvalue weighted by Gasteiger charge is -2.29. The topological polar surface area (TPSA) is 83.6 Å². The SMILES string of the molecule is CC(C)(C)CN(CCCO)S(=O)(=O)Cc1ccon1. The summed E-state index contributed by atoms with van der Waals surface area (Å²) >= 11 is 0. The van der Waals surface area contributed by atoms with E-state index in [1.165, 1.54) is 10.6 Å². The zero-order valence-corrected chi connectivity index (χ0v) is 12.5. The number of sulfonamides is 1. The predicted octanol–water partition coefficient (Wildman–Crippen LogP) is 1.23. The van der Waals surface area contributed by atoms with Crippen molar-refractivity contribution in [3.05, 3.63) is 18.0 Å². The fraction of sp³-hybridized carbons (Fsp3) is 0.750. The molecule has 0 radical (unpaired) electrons. The highest BCUT2D eigenvalue weighted by atomic mass is 32.2. The van der Waals surface area contributed by atoms with Crippen LogP contribution >= 0.6 is 0 Å². The van der Waals surface area contributed by atoms with Gasteiger partial charge in [-0.3, -0.25) is 0 Å². The van der Waals surface area contributed by atoms with Gasteiger partial charge in [-0.25, -0.2) is 12.7 Å². The molecule has 0 atom stereocenters. The summed E-state index contributed by atoms with van der Waals surface area (Å²) in [4.78, 5) is 0. The van der Waals surface area contributed by atoms with E-state index in [1.54, 1.807) is 6.07 Å². The largest absolute Gasteiger partial charge is 0.396 e. The number of rotatable bonds is 7. The van der Waals surface area contributed by atoms with Crippen LogP contribution in [0, 0.1) is 5.41 Å². The Hall–Kier alpha value is -0.920. The monoisotopic (exact) mass is 290 g/mol. The molecule has 7 heteroatoms. The van der Waals surface area contributed by atoms with Gasteiger partial charge < -0.3 is 9.63 Å². The van der Waals surface area contributed by atoms with Gasteiger partial charge in [0, 0.05) is 25.8 Å². The first-order chi connectivity index (χ1) is 8.74. The molecule has 1 heterocycles. The first-order valence-corrected chi connectivity index (χ1v) is 7.83. The van der Waals surface area contributed by atoms with Gasteiger partial charge in [0.1, 0.15) is 12.0 Å². The molecule has 0 spiro atoms. The number of nitrogens with zero attached hydrogens (tertiary/aromatic N) is 2. The van der Waals surface area contributed by atoms with Gasteiger partial charge in [-0.05, 0) is 11.8 Å². The highest BCUT2D eigenvalue weighted by Crippen LogP contribution is 2.19. The third-order valence-corrected chi connectivity index (χ3v) is 4.19. The van der Waals surface area contributed by atoms with Gasteiger partial charge in [-0.15, -0.1) is 0 Å². The van der Waals surface area contributed by atoms with E-state index in [1.807, 2.05) is 20.8 Å². The molecule has 1 N–H and O–H groups in total. The lowest BCUT2D eigenvalue weighted by Crippen LogP contribution is -2.39. The van der Waals surface area contributed by atoms with Crippen molar-refractivity contribution in [2.45, 2.75) is 32.9 Å². The van der Waals surface area contributed by atoms with Crippen molar-refractivity contribution in [3.63, 3.8) is 0 Å². The van der Waals surface area contributed by atoms with E-state index < -0.39 is 10.0 Å². The maximum absolute atomic E-state index is 12.3. The van der Waals surface area contributed by atoms with Gasteiger partial charge in [0.15, 0.2) is 0 Å². The van der Waals surface area contributed by atoms with Crippen LogP contribution in [0.25, 0.3) is 0 Å². The lowest BCUT2D eigenvalue weighted by molar-refractivity contribution is 0.240. The molecule has 19 heavy (non-hydrogen) atoms. The molecule has 0 aromatic carbocycles. The van der Waals surface area contributed by atoms with Crippen molar-refractivity contribution in [3.8, 4) is 0 Å². The molecular weight excluding hydrogens is 268 g/mol. The molecule has 0 saturated heterocycles. The average molecular weight is 290 g/mol. The zero-order chi connectivity index (χ0) is 14.5. The van der Waals surface area contributed by atoms with Crippen LogP contribution < -0.4 is 0 Å². The molecule has 0 bridgehead atoms. The molecule has 1 aromatic rings. The van der Waals surface area contributed by atoms with Crippen molar-refractivity contribution in [2.24, 2.45) is 5.41 Å². The van der Waals surface area contributed by atoms with E-state index in [0.29, 0.717) is 25.2 Å². The number of hydrogen-bond donors (Lipinski definition) is 1. The number of hydrogen-bond acceptors (Lipinski definition) is 5. The second-order valence-corrected chi connectivity index (χ2v) is 7.69. The van der Waals surface area contributed by atoms with Gasteiger partial charge in [0.25, 0.3) is 0 Å². The van der Waals surface area contributed by atoms with Crippen LogP contribution in [-0.2, 0) is 15.8 Å². The molecule has 0 saturated carbocycles. The maximum atomic E-state index is 12.3. The van der Waals surface area contributed by atoms with E-state index in [-0.39, 0.29) is 17.8 Å². The fourth-order valence-electron chi connectivity index (χ4n) is 1.68. The van der Waals surface area contributed by atoms with E-state index >= 15 is 0 Å². The van der Waals surface area contributed by atoms with Gasteiger partial charge in [-0.1, -0.05) is 25.9 Å². The quantitative estimate of drug-likeness (QED) is 0.816. The first-order valence-electron chi connectivity index (χ1n) is 6.22. The molecule has 0 unspecified atom stereocenters. The first kappa shape index (κ1) is 16.1. The Kier molecular flexibility index (Phi) is 5.51. The summed E-state index contributed by atoms with van der Waals surface area (Å²) in [5, 5.41) is 12.5. The normalized spacial score (nSPS) is 13.1. The smallest absolute Gasteiger partial charge is 0.219 e. The summed E-state index contributed by atoms with van der Waals surface area (Å²) in [7, 11) is -3.45. The van der Waals surface area contributed by atoms with Gasteiger partial charge in [0.05, 0.1) is 5.69 Å². The van der Waals surface area contributed by atoms with E-state index in [2.05, 4.69) is 9.68 Å². The van der Waals surface area contributed by atoms with E-state index in [4.69, 9.17) is 5.11 Å². The van der Waals surface area contributed by atoms with Crippen LogP contribution in [0.5, 0.6) is 0 Å². The predicted molar refractivity (Wildman–Crippen MR) is 71.9 cm³/mol. The van der Waals surface area contributed by atoms with Crippen molar-refractivity contribution in [1.82, 2.24) is 9.46 Å². The van der Waals surface area contributed by atoms with Crippen LogP contribution in [0.1, 0.15) is 32.9 Å². The maximum Gasteiger partial charge on any atom is 0.219 e. The molecule has 0 amide bonds. The Balaban J connectivity index is 2.82. The minimum Gasteiger partial charge on any atom is -0.396 e. The van der Waals surface area contributed by atoms with Crippen molar-refractivity contribution < 1.29 is 18.0 Å². The molecule has 110 valence electrons. The third kappa shape index (κ3) is 5.71. The van der Waals surface area contributed by atoms with Crippen LogP contribution in [0.15, 0.2) is 16.9 Å². The lowest BCUT2D eigenvalue weighted by atomic mass is 9.97. The summed E-state index contributed by atoms with van der Waals surface area (Å²) in [5.41, 5.74) is 0.245. The Bertz CT molecular complexity index is 462. The molecule has 1 aromatic heterocycles. The minimum absolute atomic E-state index is 0.0277. The molecule has 0 aliphatic rings. The van der Waals surface area contributed by atoms with Gasteiger partial charge >= 0.3 is 0 Å². The molecular formula is C12H22N2O4S. The average Bonchev–Trinajstić information content (AvgIpc) is 2.74. The molecule has 1 rings (SSSR count). The summed E-state index contributed by atoms with van der Waals surface area (Å²) in [6.07, 6.45) is 1.78. The summed E-state index contributed by atoms with van der Waals surface area (Å²) < 4.78 is 30.8. The minimum atomic E-state index is -3.45. The fourth-order valence-corrected chi connectivity index (χ4v) is 3.38. The number of aromatic nitrogens is 1. The van der Waals surface area contributed by atoms with Gasteiger partial charge in [0.2, 0.25) is 10.0 Å². The standard InChI is InChI=1S/C12H22N2O4S/c1-12(2,3)10-14(6-4-7-15)19(16,17)9-11-5-8-18-13-11/h5,8,15H,4,6-7,9-10H2,1-3H3. The molecule has 0 aliphatic carbocycles. The molecule has 6 nitrogen and oxygen atoms in total. The number of aliphatic hydroxyl groups excluding tert-OH is 1. The molecule has 0 aliphatic heterocycles.